The van der Waals surface area contributed by atoms with Crippen molar-refractivity contribution < 1.29 is 9.47 Å². The van der Waals surface area contributed by atoms with E-state index in [1.54, 1.807) is 0 Å². The minimum Gasteiger partial charge on any atom is -0.376 e. The lowest BCUT2D eigenvalue weighted by atomic mass is 10.1. The van der Waals surface area contributed by atoms with Crippen LogP contribution < -0.4 is 5.32 Å². The topological polar surface area (TPSA) is 30.5 Å². The summed E-state index contributed by atoms with van der Waals surface area (Å²) >= 11 is 6.32. The van der Waals surface area contributed by atoms with Gasteiger partial charge in [-0.1, -0.05) is 43.6 Å². The first-order chi connectivity index (χ1) is 10.2. The number of hydrogen-bond donors (Lipinski definition) is 1. The monoisotopic (exact) mass is 311 g/mol. The van der Waals surface area contributed by atoms with Gasteiger partial charge in [0.1, 0.15) is 0 Å². The average molecular weight is 312 g/mol. The van der Waals surface area contributed by atoms with Crippen LogP contribution in [0.3, 0.4) is 0 Å². The Morgan fingerprint density at radius 2 is 2.14 bits per heavy atom. The molecule has 2 rings (SSSR count). The Morgan fingerprint density at radius 1 is 1.33 bits per heavy atom. The molecular weight excluding hydrogens is 286 g/mol. The Balaban J connectivity index is 1.96. The van der Waals surface area contributed by atoms with Crippen molar-refractivity contribution in [3.05, 3.63) is 34.9 Å². The molecule has 0 radical (unpaired) electrons. The third-order valence-electron chi connectivity index (χ3n) is 3.72. The molecule has 4 heteroatoms. The molecule has 1 aliphatic rings. The highest BCUT2D eigenvalue weighted by Crippen LogP contribution is 2.26. The van der Waals surface area contributed by atoms with Gasteiger partial charge in [-0.05, 0) is 25.3 Å². The molecule has 1 heterocycles. The Morgan fingerprint density at radius 3 is 2.81 bits per heavy atom. The summed E-state index contributed by atoms with van der Waals surface area (Å²) < 4.78 is 11.9. The maximum atomic E-state index is 6.32. The molecule has 0 spiro atoms. The van der Waals surface area contributed by atoms with E-state index in [-0.39, 0.29) is 12.2 Å². The van der Waals surface area contributed by atoms with Crippen molar-refractivity contribution in [2.24, 2.45) is 0 Å². The third kappa shape index (κ3) is 5.59. The van der Waals surface area contributed by atoms with Crippen LogP contribution in [-0.4, -0.2) is 31.9 Å². The van der Waals surface area contributed by atoms with Gasteiger partial charge in [-0.3, -0.25) is 0 Å². The van der Waals surface area contributed by atoms with Crippen LogP contribution in [0.15, 0.2) is 24.3 Å². The van der Waals surface area contributed by atoms with Gasteiger partial charge in [0, 0.05) is 29.8 Å². The highest BCUT2D eigenvalue weighted by atomic mass is 35.5. The lowest BCUT2D eigenvalue weighted by molar-refractivity contribution is -0.0636. The maximum absolute atomic E-state index is 6.32. The summed E-state index contributed by atoms with van der Waals surface area (Å²) in [5.41, 5.74) is 1.04. The van der Waals surface area contributed by atoms with E-state index in [0.717, 1.165) is 30.2 Å². The molecule has 1 fully saturated rings. The van der Waals surface area contributed by atoms with Crippen molar-refractivity contribution in [2.75, 3.05) is 19.8 Å². The van der Waals surface area contributed by atoms with Crippen LogP contribution in [0.4, 0.5) is 0 Å². The molecular formula is C17H26ClNO2. The predicted molar refractivity (Wildman–Crippen MR) is 86.9 cm³/mol. The molecule has 3 nitrogen and oxygen atoms in total. The normalized spacial score (nSPS) is 20.7. The van der Waals surface area contributed by atoms with Crippen LogP contribution in [0.1, 0.15) is 44.8 Å². The standard InChI is InChI=1S/C17H26ClNO2/c1-13(2)19-11-17(15-8-3-4-9-16(15)18)21-12-14-7-5-6-10-20-14/h3-4,8-9,13-14,17,19H,5-7,10-12H2,1-2H3. The van der Waals surface area contributed by atoms with Gasteiger partial charge in [0.05, 0.1) is 18.8 Å². The van der Waals surface area contributed by atoms with E-state index < -0.39 is 0 Å². The summed E-state index contributed by atoms with van der Waals surface area (Å²) in [5, 5.41) is 4.20. The largest absolute Gasteiger partial charge is 0.376 e. The zero-order valence-corrected chi connectivity index (χ0v) is 13.7. The molecule has 0 amide bonds. The van der Waals surface area contributed by atoms with Crippen molar-refractivity contribution in [3.8, 4) is 0 Å². The second-order valence-corrected chi connectivity index (χ2v) is 6.30. The molecule has 1 N–H and O–H groups in total. The third-order valence-corrected chi connectivity index (χ3v) is 4.07. The molecule has 2 unspecified atom stereocenters. The Labute approximate surface area is 133 Å². The minimum atomic E-state index is -0.0355. The molecule has 1 aliphatic heterocycles. The highest BCUT2D eigenvalue weighted by molar-refractivity contribution is 6.31. The molecule has 2 atom stereocenters. The SMILES string of the molecule is CC(C)NCC(OCC1CCCCO1)c1ccccc1Cl. The van der Waals surface area contributed by atoms with E-state index >= 15 is 0 Å². The van der Waals surface area contributed by atoms with Gasteiger partial charge in [-0.25, -0.2) is 0 Å². The van der Waals surface area contributed by atoms with Crippen LogP contribution in [0.2, 0.25) is 5.02 Å². The number of hydrogen-bond acceptors (Lipinski definition) is 3. The quantitative estimate of drug-likeness (QED) is 0.826. The number of rotatable bonds is 7. The lowest BCUT2D eigenvalue weighted by Crippen LogP contribution is -2.32. The molecule has 0 aromatic heterocycles. The molecule has 0 saturated carbocycles. The van der Waals surface area contributed by atoms with Crippen LogP contribution in [0, 0.1) is 0 Å². The summed E-state index contributed by atoms with van der Waals surface area (Å²) in [6.45, 7) is 6.51. The molecule has 0 aliphatic carbocycles. The maximum Gasteiger partial charge on any atom is 0.0964 e. The van der Waals surface area contributed by atoms with Crippen LogP contribution in [-0.2, 0) is 9.47 Å². The smallest absolute Gasteiger partial charge is 0.0964 e. The van der Waals surface area contributed by atoms with E-state index in [4.69, 9.17) is 21.1 Å². The first-order valence-electron chi connectivity index (χ1n) is 7.88. The van der Waals surface area contributed by atoms with E-state index in [1.165, 1.54) is 12.8 Å². The van der Waals surface area contributed by atoms with E-state index in [1.807, 2.05) is 24.3 Å². The summed E-state index contributed by atoms with van der Waals surface area (Å²) in [6, 6.07) is 8.33. The van der Waals surface area contributed by atoms with Gasteiger partial charge in [-0.15, -0.1) is 0 Å². The van der Waals surface area contributed by atoms with Gasteiger partial charge < -0.3 is 14.8 Å². The fourth-order valence-electron chi connectivity index (χ4n) is 2.50. The van der Waals surface area contributed by atoms with Crippen molar-refractivity contribution >= 4 is 11.6 Å². The van der Waals surface area contributed by atoms with Crippen LogP contribution in [0.25, 0.3) is 0 Å². The Hall–Kier alpha value is -0.610. The second kappa shape index (κ2) is 8.74. The van der Waals surface area contributed by atoms with Crippen molar-refractivity contribution in [1.82, 2.24) is 5.32 Å². The van der Waals surface area contributed by atoms with Crippen molar-refractivity contribution in [1.29, 1.82) is 0 Å². The number of halogens is 1. The zero-order chi connectivity index (χ0) is 15.1. The van der Waals surface area contributed by atoms with Gasteiger partial charge >= 0.3 is 0 Å². The van der Waals surface area contributed by atoms with Crippen LogP contribution in [0.5, 0.6) is 0 Å². The van der Waals surface area contributed by atoms with Crippen LogP contribution >= 0.6 is 11.6 Å². The van der Waals surface area contributed by atoms with Crippen molar-refractivity contribution in [2.45, 2.75) is 51.4 Å². The molecule has 118 valence electrons. The molecule has 0 bridgehead atoms. The number of benzene rings is 1. The zero-order valence-electron chi connectivity index (χ0n) is 13.0. The fraction of sp³-hybridized carbons (Fsp3) is 0.647. The summed E-state index contributed by atoms with van der Waals surface area (Å²) in [4.78, 5) is 0. The van der Waals surface area contributed by atoms with Crippen molar-refractivity contribution in [3.63, 3.8) is 0 Å². The fourth-order valence-corrected chi connectivity index (χ4v) is 2.76. The second-order valence-electron chi connectivity index (χ2n) is 5.90. The van der Waals surface area contributed by atoms with Gasteiger partial charge in [0.15, 0.2) is 0 Å². The van der Waals surface area contributed by atoms with Gasteiger partial charge in [0.2, 0.25) is 0 Å². The molecule has 1 saturated heterocycles. The first kappa shape index (κ1) is 16.8. The Kier molecular flexibility index (Phi) is 6.97. The summed E-state index contributed by atoms with van der Waals surface area (Å²) in [6.07, 6.45) is 3.68. The number of nitrogens with one attached hydrogen (secondary N) is 1. The summed E-state index contributed by atoms with van der Waals surface area (Å²) in [7, 11) is 0. The average Bonchev–Trinajstić information content (AvgIpc) is 2.49. The lowest BCUT2D eigenvalue weighted by Gasteiger charge is -2.26. The predicted octanol–water partition coefficient (Wildman–Crippen LogP) is 3.96. The minimum absolute atomic E-state index is 0.0355. The first-order valence-corrected chi connectivity index (χ1v) is 8.25. The Bertz CT molecular complexity index is 419. The van der Waals surface area contributed by atoms with Gasteiger partial charge in [-0.2, -0.15) is 0 Å². The van der Waals surface area contributed by atoms with E-state index in [2.05, 4.69) is 19.2 Å². The molecule has 1 aromatic rings. The van der Waals surface area contributed by atoms with E-state index in [0.29, 0.717) is 12.6 Å². The molecule has 1 aromatic carbocycles. The van der Waals surface area contributed by atoms with E-state index in [9.17, 15) is 0 Å². The summed E-state index contributed by atoms with van der Waals surface area (Å²) in [5.74, 6) is 0. The number of ether oxygens (including phenoxy) is 2. The van der Waals surface area contributed by atoms with Gasteiger partial charge in [0.25, 0.3) is 0 Å². The molecule has 21 heavy (non-hydrogen) atoms. The highest BCUT2D eigenvalue weighted by Gasteiger charge is 2.20.